The van der Waals surface area contributed by atoms with Crippen LogP contribution in [0.1, 0.15) is 31.4 Å². The number of halogens is 1. The topological polar surface area (TPSA) is 24.5 Å². The molecule has 3 nitrogen and oxygen atoms in total. The molecule has 0 aromatic heterocycles. The normalized spacial score (nSPS) is 26.1. The van der Waals surface area contributed by atoms with Gasteiger partial charge in [0.25, 0.3) is 0 Å². The van der Waals surface area contributed by atoms with E-state index in [4.69, 9.17) is 4.74 Å². The molecular weight excluding hydrogens is 272 g/mol. The van der Waals surface area contributed by atoms with Crippen molar-refractivity contribution in [2.75, 3.05) is 32.8 Å². The van der Waals surface area contributed by atoms with E-state index >= 15 is 0 Å². The van der Waals surface area contributed by atoms with Crippen LogP contribution >= 0.6 is 12.4 Å². The Morgan fingerprint density at radius 3 is 2.60 bits per heavy atom. The van der Waals surface area contributed by atoms with Crippen LogP contribution in [0.3, 0.4) is 0 Å². The van der Waals surface area contributed by atoms with Crippen LogP contribution in [0.25, 0.3) is 0 Å². The number of morpholine rings is 1. The van der Waals surface area contributed by atoms with Crippen molar-refractivity contribution in [3.05, 3.63) is 35.9 Å². The predicted molar refractivity (Wildman–Crippen MR) is 84.5 cm³/mol. The highest BCUT2D eigenvalue weighted by Crippen LogP contribution is 2.35. The molecule has 0 bridgehead atoms. The SMILES string of the molecule is CCN1CC2(CCNCC2)OCC1c1ccccc1.Cl. The van der Waals surface area contributed by atoms with E-state index in [0.717, 1.165) is 45.6 Å². The van der Waals surface area contributed by atoms with Gasteiger partial charge < -0.3 is 10.1 Å². The van der Waals surface area contributed by atoms with Crippen molar-refractivity contribution in [3.8, 4) is 0 Å². The summed E-state index contributed by atoms with van der Waals surface area (Å²) in [6.07, 6.45) is 2.29. The Morgan fingerprint density at radius 1 is 1.25 bits per heavy atom. The zero-order valence-corrected chi connectivity index (χ0v) is 13.0. The van der Waals surface area contributed by atoms with Crippen LogP contribution in [0.4, 0.5) is 0 Å². The van der Waals surface area contributed by atoms with E-state index < -0.39 is 0 Å². The molecule has 1 aromatic rings. The largest absolute Gasteiger partial charge is 0.372 e. The van der Waals surface area contributed by atoms with Crippen molar-refractivity contribution in [1.29, 1.82) is 0 Å². The summed E-state index contributed by atoms with van der Waals surface area (Å²) in [6, 6.07) is 11.2. The fourth-order valence-electron chi connectivity index (χ4n) is 3.39. The van der Waals surface area contributed by atoms with E-state index in [2.05, 4.69) is 47.5 Å². The monoisotopic (exact) mass is 296 g/mol. The lowest BCUT2D eigenvalue weighted by Crippen LogP contribution is -2.57. The van der Waals surface area contributed by atoms with Crippen LogP contribution in [0, 0.1) is 0 Å². The van der Waals surface area contributed by atoms with Gasteiger partial charge in [-0.05, 0) is 38.0 Å². The van der Waals surface area contributed by atoms with Gasteiger partial charge >= 0.3 is 0 Å². The number of rotatable bonds is 2. The van der Waals surface area contributed by atoms with Crippen molar-refractivity contribution in [2.24, 2.45) is 0 Å². The van der Waals surface area contributed by atoms with Crippen LogP contribution in [-0.4, -0.2) is 43.3 Å². The first-order valence-electron chi connectivity index (χ1n) is 7.47. The summed E-state index contributed by atoms with van der Waals surface area (Å²) in [5.74, 6) is 0. The number of piperidine rings is 1. The summed E-state index contributed by atoms with van der Waals surface area (Å²) in [5, 5.41) is 3.43. The van der Waals surface area contributed by atoms with Crippen molar-refractivity contribution in [2.45, 2.75) is 31.4 Å². The van der Waals surface area contributed by atoms with Crippen LogP contribution in [0.2, 0.25) is 0 Å². The van der Waals surface area contributed by atoms with Gasteiger partial charge in [0, 0.05) is 6.54 Å². The fourth-order valence-corrected chi connectivity index (χ4v) is 3.39. The summed E-state index contributed by atoms with van der Waals surface area (Å²) in [7, 11) is 0. The Kier molecular flexibility index (Phi) is 5.44. The molecule has 0 amide bonds. The molecule has 2 aliphatic rings. The van der Waals surface area contributed by atoms with E-state index in [0.29, 0.717) is 6.04 Å². The molecule has 2 aliphatic heterocycles. The minimum Gasteiger partial charge on any atom is -0.372 e. The summed E-state index contributed by atoms with van der Waals surface area (Å²) in [5.41, 5.74) is 1.49. The van der Waals surface area contributed by atoms with Crippen molar-refractivity contribution >= 4 is 12.4 Å². The Balaban J connectivity index is 0.00000147. The first-order chi connectivity index (χ1) is 9.33. The van der Waals surface area contributed by atoms with Crippen molar-refractivity contribution in [3.63, 3.8) is 0 Å². The highest BCUT2D eigenvalue weighted by Gasteiger charge is 2.41. The maximum Gasteiger partial charge on any atom is 0.0834 e. The van der Waals surface area contributed by atoms with Gasteiger partial charge in [0.05, 0.1) is 18.2 Å². The number of likely N-dealkylation sites (N-methyl/N-ethyl adjacent to an activating group) is 1. The molecule has 0 radical (unpaired) electrons. The molecule has 0 saturated carbocycles. The molecule has 0 aliphatic carbocycles. The molecule has 1 N–H and O–H groups in total. The number of hydrogen-bond acceptors (Lipinski definition) is 3. The van der Waals surface area contributed by atoms with Crippen LogP contribution in [0.15, 0.2) is 30.3 Å². The van der Waals surface area contributed by atoms with E-state index in [1.807, 2.05) is 0 Å². The maximum absolute atomic E-state index is 6.32. The van der Waals surface area contributed by atoms with E-state index in [1.165, 1.54) is 5.56 Å². The van der Waals surface area contributed by atoms with Crippen LogP contribution in [-0.2, 0) is 4.74 Å². The Morgan fingerprint density at radius 2 is 1.95 bits per heavy atom. The first kappa shape index (κ1) is 15.8. The van der Waals surface area contributed by atoms with E-state index in [9.17, 15) is 0 Å². The lowest BCUT2D eigenvalue weighted by Gasteiger charge is -2.48. The third-order valence-electron chi connectivity index (χ3n) is 4.58. The molecular formula is C16H25ClN2O. The molecule has 2 fully saturated rings. The molecule has 1 aromatic carbocycles. The molecule has 2 saturated heterocycles. The third-order valence-corrected chi connectivity index (χ3v) is 4.58. The second-order valence-electron chi connectivity index (χ2n) is 5.73. The lowest BCUT2D eigenvalue weighted by molar-refractivity contribution is -0.147. The summed E-state index contributed by atoms with van der Waals surface area (Å²) < 4.78 is 6.32. The molecule has 2 heterocycles. The minimum absolute atomic E-state index is 0. The van der Waals surface area contributed by atoms with Gasteiger partial charge in [0.15, 0.2) is 0 Å². The minimum atomic E-state index is 0. The van der Waals surface area contributed by atoms with Gasteiger partial charge in [0.2, 0.25) is 0 Å². The fraction of sp³-hybridized carbons (Fsp3) is 0.625. The quantitative estimate of drug-likeness (QED) is 0.908. The van der Waals surface area contributed by atoms with Gasteiger partial charge in [-0.3, -0.25) is 4.90 Å². The first-order valence-corrected chi connectivity index (χ1v) is 7.47. The van der Waals surface area contributed by atoms with Gasteiger partial charge in [-0.2, -0.15) is 0 Å². The Bertz CT molecular complexity index is 406. The summed E-state index contributed by atoms with van der Waals surface area (Å²) >= 11 is 0. The summed E-state index contributed by atoms with van der Waals surface area (Å²) in [4.78, 5) is 2.59. The van der Waals surface area contributed by atoms with Crippen molar-refractivity contribution in [1.82, 2.24) is 10.2 Å². The van der Waals surface area contributed by atoms with Gasteiger partial charge in [-0.25, -0.2) is 0 Å². The second-order valence-corrected chi connectivity index (χ2v) is 5.73. The molecule has 1 spiro atoms. The lowest BCUT2D eigenvalue weighted by atomic mass is 9.88. The zero-order chi connectivity index (χ0) is 13.1. The highest BCUT2D eigenvalue weighted by atomic mass is 35.5. The van der Waals surface area contributed by atoms with Gasteiger partial charge in [-0.15, -0.1) is 12.4 Å². The Hall–Kier alpha value is -0.610. The number of nitrogens with one attached hydrogen (secondary N) is 1. The molecule has 112 valence electrons. The number of ether oxygens (including phenoxy) is 1. The Labute approximate surface area is 128 Å². The zero-order valence-electron chi connectivity index (χ0n) is 12.2. The van der Waals surface area contributed by atoms with Crippen LogP contribution < -0.4 is 5.32 Å². The summed E-state index contributed by atoms with van der Waals surface area (Å²) in [6.45, 7) is 7.44. The second kappa shape index (κ2) is 6.90. The third kappa shape index (κ3) is 3.17. The molecule has 20 heavy (non-hydrogen) atoms. The molecule has 1 atom stereocenters. The molecule has 1 unspecified atom stereocenters. The standard InChI is InChI=1S/C16H24N2O.ClH/c1-2-18-13-16(8-10-17-11-9-16)19-12-15(18)14-6-4-3-5-7-14;/h3-7,15,17H,2,8-13H2,1H3;1H. The average molecular weight is 297 g/mol. The van der Waals surface area contributed by atoms with E-state index in [1.54, 1.807) is 0 Å². The predicted octanol–water partition coefficient (Wildman–Crippen LogP) is 2.62. The van der Waals surface area contributed by atoms with Crippen LogP contribution in [0.5, 0.6) is 0 Å². The number of nitrogens with zero attached hydrogens (tertiary/aromatic N) is 1. The average Bonchev–Trinajstić information content (AvgIpc) is 2.49. The number of hydrogen-bond donors (Lipinski definition) is 1. The van der Waals surface area contributed by atoms with Gasteiger partial charge in [0.1, 0.15) is 0 Å². The molecule has 4 heteroatoms. The maximum atomic E-state index is 6.32. The highest BCUT2D eigenvalue weighted by molar-refractivity contribution is 5.85. The van der Waals surface area contributed by atoms with Gasteiger partial charge in [-0.1, -0.05) is 37.3 Å². The van der Waals surface area contributed by atoms with Crippen molar-refractivity contribution < 1.29 is 4.74 Å². The van der Waals surface area contributed by atoms with E-state index in [-0.39, 0.29) is 18.0 Å². The smallest absolute Gasteiger partial charge is 0.0834 e. The molecule has 3 rings (SSSR count). The number of benzene rings is 1.